The van der Waals surface area contributed by atoms with Crippen LogP contribution in [0.4, 0.5) is 5.69 Å². The van der Waals surface area contributed by atoms with E-state index >= 15 is 0 Å². The maximum absolute atomic E-state index is 5.86. The number of anilines is 1. The minimum absolute atomic E-state index is 0.00877. The molecule has 1 aliphatic rings. The van der Waals surface area contributed by atoms with Crippen molar-refractivity contribution in [1.82, 2.24) is 0 Å². The van der Waals surface area contributed by atoms with Gasteiger partial charge in [0.25, 0.3) is 0 Å². The molecule has 3 rings (SSSR count). The summed E-state index contributed by atoms with van der Waals surface area (Å²) in [5, 5.41) is 3.28. The average molecular weight is 256 g/mol. The number of nitrogens with one attached hydrogen (secondary N) is 1. The smallest absolute Gasteiger partial charge is 0.156 e. The van der Waals surface area contributed by atoms with Gasteiger partial charge in [-0.1, -0.05) is 30.3 Å². The number of para-hydroxylation sites is 3. The average Bonchev–Trinajstić information content (AvgIpc) is 3.21. The molecule has 2 atom stereocenters. The number of hydrogen-bond acceptors (Lipinski definition) is 4. The van der Waals surface area contributed by atoms with Crippen LogP contribution in [0.2, 0.25) is 0 Å². The lowest BCUT2D eigenvalue weighted by molar-refractivity contribution is 0.384. The van der Waals surface area contributed by atoms with Crippen LogP contribution in [0.5, 0.6) is 11.5 Å². The Morgan fingerprint density at radius 2 is 1.79 bits per heavy atom. The fourth-order valence-corrected chi connectivity index (χ4v) is 1.89. The second-order valence-corrected chi connectivity index (χ2v) is 4.39. The molecule has 1 fully saturated rings. The first-order valence-corrected chi connectivity index (χ1v) is 6.31. The number of ether oxygens (including phenoxy) is 2. The minimum atomic E-state index is -0.00877. The van der Waals surface area contributed by atoms with Gasteiger partial charge in [0.2, 0.25) is 0 Å². The van der Waals surface area contributed by atoms with E-state index < -0.39 is 0 Å². The van der Waals surface area contributed by atoms with Gasteiger partial charge in [-0.15, -0.1) is 0 Å². The Morgan fingerprint density at radius 1 is 1.05 bits per heavy atom. The normalized spacial score (nSPS) is 20.9. The number of rotatable bonds is 5. The first-order valence-electron chi connectivity index (χ1n) is 6.31. The van der Waals surface area contributed by atoms with Gasteiger partial charge in [-0.2, -0.15) is 0 Å². The van der Waals surface area contributed by atoms with Crippen LogP contribution >= 0.6 is 0 Å². The molecular formula is C15H16N2O2. The molecule has 4 heteroatoms. The summed E-state index contributed by atoms with van der Waals surface area (Å²) < 4.78 is 11.2. The van der Waals surface area contributed by atoms with Gasteiger partial charge in [-0.3, -0.25) is 0 Å². The van der Waals surface area contributed by atoms with Crippen LogP contribution in [0.25, 0.3) is 0 Å². The van der Waals surface area contributed by atoms with Gasteiger partial charge in [0.05, 0.1) is 5.69 Å². The molecule has 0 aromatic heterocycles. The molecule has 19 heavy (non-hydrogen) atoms. The Bertz CT molecular complexity index is 545. The molecule has 0 bridgehead atoms. The Balaban J connectivity index is 1.74. The number of epoxide rings is 1. The van der Waals surface area contributed by atoms with Crippen molar-refractivity contribution >= 4 is 5.69 Å². The molecule has 98 valence electrons. The van der Waals surface area contributed by atoms with E-state index in [9.17, 15) is 0 Å². The summed E-state index contributed by atoms with van der Waals surface area (Å²) >= 11 is 0. The van der Waals surface area contributed by atoms with Crippen molar-refractivity contribution in [2.45, 2.75) is 12.3 Å². The molecule has 0 amide bonds. The fraction of sp³-hybridized carbons (Fsp3) is 0.200. The van der Waals surface area contributed by atoms with Crippen LogP contribution in [-0.4, -0.2) is 18.9 Å². The van der Waals surface area contributed by atoms with Crippen molar-refractivity contribution in [3.8, 4) is 11.5 Å². The van der Waals surface area contributed by atoms with Crippen molar-refractivity contribution in [2.75, 3.05) is 11.9 Å². The maximum atomic E-state index is 5.86. The standard InChI is InChI=1S/C15H16N2O2/c16-10-14-15(19-14)17-12-8-4-5-9-13(12)18-11-6-2-1-3-7-11/h1-9,14-15,17H,10,16H2. The zero-order chi connectivity index (χ0) is 13.1. The highest BCUT2D eigenvalue weighted by Crippen LogP contribution is 2.32. The summed E-state index contributed by atoms with van der Waals surface area (Å²) in [4.78, 5) is 0. The summed E-state index contributed by atoms with van der Waals surface area (Å²) in [6.07, 6.45) is 0.0929. The Kier molecular flexibility index (Phi) is 3.35. The number of benzene rings is 2. The topological polar surface area (TPSA) is 59.8 Å². The molecule has 4 nitrogen and oxygen atoms in total. The summed E-state index contributed by atoms with van der Waals surface area (Å²) in [5.74, 6) is 1.59. The number of hydrogen-bond donors (Lipinski definition) is 2. The molecule has 0 spiro atoms. The number of nitrogens with two attached hydrogens (primary N) is 1. The largest absolute Gasteiger partial charge is 0.455 e. The van der Waals surface area contributed by atoms with Crippen LogP contribution in [0.1, 0.15) is 0 Å². The van der Waals surface area contributed by atoms with Gasteiger partial charge < -0.3 is 20.5 Å². The van der Waals surface area contributed by atoms with Crippen molar-refractivity contribution < 1.29 is 9.47 Å². The lowest BCUT2D eigenvalue weighted by atomic mass is 10.2. The maximum Gasteiger partial charge on any atom is 0.156 e. The van der Waals surface area contributed by atoms with Crippen LogP contribution in [-0.2, 0) is 4.74 Å². The van der Waals surface area contributed by atoms with E-state index in [0.717, 1.165) is 17.2 Å². The molecule has 1 aliphatic heterocycles. The van der Waals surface area contributed by atoms with Crippen molar-refractivity contribution in [3.05, 3.63) is 54.6 Å². The van der Waals surface area contributed by atoms with E-state index in [1.54, 1.807) is 0 Å². The van der Waals surface area contributed by atoms with Crippen LogP contribution in [0, 0.1) is 0 Å². The third-order valence-corrected chi connectivity index (χ3v) is 2.97. The molecule has 0 saturated carbocycles. The SMILES string of the molecule is NCC1OC1Nc1ccccc1Oc1ccccc1. The summed E-state index contributed by atoms with van der Waals surface area (Å²) in [6.45, 7) is 0.527. The predicted molar refractivity (Wildman–Crippen MR) is 74.3 cm³/mol. The van der Waals surface area contributed by atoms with Gasteiger partial charge in [0.1, 0.15) is 11.9 Å². The lowest BCUT2D eigenvalue weighted by Gasteiger charge is -2.11. The summed E-state index contributed by atoms with van der Waals surface area (Å²) in [6, 6.07) is 17.5. The van der Waals surface area contributed by atoms with Crippen molar-refractivity contribution in [2.24, 2.45) is 5.73 Å². The van der Waals surface area contributed by atoms with E-state index in [2.05, 4.69) is 5.32 Å². The Morgan fingerprint density at radius 3 is 2.53 bits per heavy atom. The van der Waals surface area contributed by atoms with Gasteiger partial charge in [-0.05, 0) is 24.3 Å². The zero-order valence-electron chi connectivity index (χ0n) is 10.5. The van der Waals surface area contributed by atoms with Crippen molar-refractivity contribution in [1.29, 1.82) is 0 Å². The quantitative estimate of drug-likeness (QED) is 0.807. The fourth-order valence-electron chi connectivity index (χ4n) is 1.89. The van der Waals surface area contributed by atoms with E-state index in [-0.39, 0.29) is 12.3 Å². The van der Waals surface area contributed by atoms with E-state index in [1.807, 2.05) is 54.6 Å². The molecule has 1 saturated heterocycles. The summed E-state index contributed by atoms with van der Waals surface area (Å²) in [7, 11) is 0. The second kappa shape index (κ2) is 5.30. The minimum Gasteiger partial charge on any atom is -0.455 e. The Labute approximate surface area is 112 Å². The third-order valence-electron chi connectivity index (χ3n) is 2.97. The highest BCUT2D eigenvalue weighted by Gasteiger charge is 2.37. The molecule has 0 radical (unpaired) electrons. The van der Waals surface area contributed by atoms with E-state index in [1.165, 1.54) is 0 Å². The lowest BCUT2D eigenvalue weighted by Crippen LogP contribution is -2.14. The van der Waals surface area contributed by atoms with Gasteiger partial charge >= 0.3 is 0 Å². The van der Waals surface area contributed by atoms with E-state index in [4.69, 9.17) is 15.2 Å². The highest BCUT2D eigenvalue weighted by atomic mass is 16.6. The third kappa shape index (κ3) is 2.86. The predicted octanol–water partition coefficient (Wildman–Crippen LogP) is 2.57. The van der Waals surface area contributed by atoms with Gasteiger partial charge in [0, 0.05) is 6.54 Å². The summed E-state index contributed by atoms with van der Waals surface area (Å²) in [5.41, 5.74) is 6.45. The van der Waals surface area contributed by atoms with E-state index in [0.29, 0.717) is 6.54 Å². The molecule has 2 unspecified atom stereocenters. The van der Waals surface area contributed by atoms with Crippen LogP contribution in [0.15, 0.2) is 54.6 Å². The first-order chi connectivity index (χ1) is 9.36. The molecule has 1 heterocycles. The first kappa shape index (κ1) is 12.0. The molecule has 2 aromatic carbocycles. The van der Waals surface area contributed by atoms with Gasteiger partial charge in [0.15, 0.2) is 12.0 Å². The monoisotopic (exact) mass is 256 g/mol. The van der Waals surface area contributed by atoms with Crippen LogP contribution in [0.3, 0.4) is 0 Å². The van der Waals surface area contributed by atoms with Crippen molar-refractivity contribution in [3.63, 3.8) is 0 Å². The van der Waals surface area contributed by atoms with Gasteiger partial charge in [-0.25, -0.2) is 0 Å². The highest BCUT2D eigenvalue weighted by molar-refractivity contribution is 5.58. The molecule has 3 N–H and O–H groups in total. The zero-order valence-corrected chi connectivity index (χ0v) is 10.5. The molecular weight excluding hydrogens is 240 g/mol. The molecule has 0 aliphatic carbocycles. The second-order valence-electron chi connectivity index (χ2n) is 4.39. The van der Waals surface area contributed by atoms with Crippen LogP contribution < -0.4 is 15.8 Å². The molecule has 2 aromatic rings. The Hall–Kier alpha value is -2.04.